The molecule has 5 rings (SSSR count). The van der Waals surface area contributed by atoms with Gasteiger partial charge in [0.2, 0.25) is 5.76 Å². The van der Waals surface area contributed by atoms with E-state index >= 15 is 0 Å². The Morgan fingerprint density at radius 2 is 1.90 bits per heavy atom. The first kappa shape index (κ1) is 17.9. The lowest BCUT2D eigenvalue weighted by Crippen LogP contribution is -2.26. The summed E-state index contributed by atoms with van der Waals surface area (Å²) in [5.74, 6) is 1.36. The lowest BCUT2D eigenvalue weighted by Gasteiger charge is -2.05. The zero-order chi connectivity index (χ0) is 19.8. The number of nitrogens with one attached hydrogen (secondary N) is 1. The molecule has 1 fully saturated rings. The Hall–Kier alpha value is -3.12. The number of halogens is 1. The molecule has 0 atom stereocenters. The molecule has 2 aromatic heterocycles. The van der Waals surface area contributed by atoms with Crippen molar-refractivity contribution in [3.8, 4) is 11.4 Å². The Labute approximate surface area is 172 Å². The molecule has 0 spiro atoms. The summed E-state index contributed by atoms with van der Waals surface area (Å²) >= 11 is 6.30. The molecule has 1 amide bonds. The van der Waals surface area contributed by atoms with Gasteiger partial charge in [-0.05, 0) is 36.5 Å². The smallest absolute Gasteiger partial charge is 0.325 e. The minimum atomic E-state index is -0.227. The van der Waals surface area contributed by atoms with Gasteiger partial charge in [0.15, 0.2) is 5.82 Å². The molecule has 7 heteroatoms. The molecule has 0 radical (unpaired) electrons. The molecule has 0 aliphatic heterocycles. The molecule has 4 aromatic rings. The van der Waals surface area contributed by atoms with Crippen LogP contribution in [-0.4, -0.2) is 27.0 Å². The Bertz CT molecular complexity index is 1180. The molecule has 1 aliphatic carbocycles. The van der Waals surface area contributed by atoms with Crippen LogP contribution in [0.15, 0.2) is 59.0 Å². The van der Waals surface area contributed by atoms with Crippen LogP contribution in [0.4, 0.5) is 0 Å². The van der Waals surface area contributed by atoms with Crippen molar-refractivity contribution in [2.24, 2.45) is 5.92 Å². The highest BCUT2D eigenvalue weighted by atomic mass is 35.5. The predicted molar refractivity (Wildman–Crippen MR) is 110 cm³/mol. The zero-order valence-electron chi connectivity index (χ0n) is 15.6. The first-order chi connectivity index (χ1) is 14.2. The Kier molecular flexibility index (Phi) is 4.56. The molecule has 1 saturated carbocycles. The monoisotopic (exact) mass is 406 g/mol. The van der Waals surface area contributed by atoms with Crippen LogP contribution in [0.25, 0.3) is 17.2 Å². The van der Waals surface area contributed by atoms with E-state index in [1.807, 2.05) is 48.5 Å². The van der Waals surface area contributed by atoms with Crippen molar-refractivity contribution in [2.75, 3.05) is 6.54 Å². The first-order valence-electron chi connectivity index (χ1n) is 9.64. The lowest BCUT2D eigenvalue weighted by atomic mass is 10.1. The maximum absolute atomic E-state index is 12.8. The minimum Gasteiger partial charge on any atom is -0.416 e. The molecule has 1 aliphatic rings. The van der Waals surface area contributed by atoms with Crippen LogP contribution >= 0.6 is 11.6 Å². The zero-order valence-corrected chi connectivity index (χ0v) is 16.4. The van der Waals surface area contributed by atoms with E-state index in [1.54, 1.807) is 10.6 Å². The van der Waals surface area contributed by atoms with E-state index in [9.17, 15) is 4.79 Å². The summed E-state index contributed by atoms with van der Waals surface area (Å²) in [4.78, 5) is 17.2. The van der Waals surface area contributed by atoms with Crippen molar-refractivity contribution < 1.29 is 9.21 Å². The number of carbonyl (C=O) groups is 1. The van der Waals surface area contributed by atoms with Crippen LogP contribution in [0.1, 0.15) is 34.7 Å². The number of fused-ring (bicyclic) bond motifs is 1. The minimum absolute atomic E-state index is 0.227. The highest BCUT2D eigenvalue weighted by molar-refractivity contribution is 6.33. The third kappa shape index (κ3) is 3.63. The van der Waals surface area contributed by atoms with E-state index in [2.05, 4.69) is 15.4 Å². The third-order valence-corrected chi connectivity index (χ3v) is 5.40. The summed E-state index contributed by atoms with van der Waals surface area (Å²) in [7, 11) is 0. The largest absolute Gasteiger partial charge is 0.416 e. The van der Waals surface area contributed by atoms with E-state index in [0.29, 0.717) is 35.4 Å². The average molecular weight is 407 g/mol. The number of carbonyl (C=O) groups excluding carboxylic acids is 1. The summed E-state index contributed by atoms with van der Waals surface area (Å²) in [6.45, 7) is 0.672. The molecule has 146 valence electrons. The summed E-state index contributed by atoms with van der Waals surface area (Å²) in [6, 6.07) is 17.3. The summed E-state index contributed by atoms with van der Waals surface area (Å²) in [6.07, 6.45) is 2.84. The second kappa shape index (κ2) is 7.37. The van der Waals surface area contributed by atoms with E-state index in [4.69, 9.17) is 16.0 Å². The molecule has 2 heterocycles. The topological polar surface area (TPSA) is 72.4 Å². The molecular weight excluding hydrogens is 388 g/mol. The normalized spacial score (nSPS) is 13.7. The van der Waals surface area contributed by atoms with Crippen molar-refractivity contribution in [3.05, 3.63) is 76.6 Å². The Morgan fingerprint density at radius 3 is 2.66 bits per heavy atom. The number of amides is 1. The van der Waals surface area contributed by atoms with Crippen molar-refractivity contribution in [3.63, 3.8) is 0 Å². The van der Waals surface area contributed by atoms with E-state index < -0.39 is 0 Å². The highest BCUT2D eigenvalue weighted by Crippen LogP contribution is 2.29. The van der Waals surface area contributed by atoms with Crippen molar-refractivity contribution in [2.45, 2.75) is 19.3 Å². The Balaban J connectivity index is 1.56. The molecule has 29 heavy (non-hydrogen) atoms. The van der Waals surface area contributed by atoms with E-state index in [0.717, 1.165) is 11.1 Å². The van der Waals surface area contributed by atoms with Gasteiger partial charge in [-0.15, -0.1) is 5.10 Å². The maximum atomic E-state index is 12.8. The van der Waals surface area contributed by atoms with Crippen molar-refractivity contribution in [1.29, 1.82) is 0 Å². The maximum Gasteiger partial charge on any atom is 0.325 e. The van der Waals surface area contributed by atoms with Crippen LogP contribution in [-0.2, 0) is 6.42 Å². The standard InChI is InChI=1S/C22H19ClN4O2/c23-17-9-5-4-8-16(17)20-25-22-27(26-20)18(12-14-6-2-1-3-7-14)19(29-22)21(28)24-13-15-10-11-15/h1-9,15H,10-13H2,(H,24,28). The van der Waals surface area contributed by atoms with Gasteiger partial charge in [0, 0.05) is 18.5 Å². The summed E-state index contributed by atoms with van der Waals surface area (Å²) in [5.41, 5.74) is 2.45. The molecule has 0 bridgehead atoms. The van der Waals surface area contributed by atoms with Gasteiger partial charge in [0.05, 0.1) is 5.02 Å². The van der Waals surface area contributed by atoms with Gasteiger partial charge in [0.25, 0.3) is 5.91 Å². The van der Waals surface area contributed by atoms with Gasteiger partial charge in [-0.25, -0.2) is 0 Å². The van der Waals surface area contributed by atoms with Crippen LogP contribution < -0.4 is 5.32 Å². The molecule has 1 N–H and O–H groups in total. The molecule has 0 unspecified atom stereocenters. The van der Waals surface area contributed by atoms with Crippen LogP contribution in [0, 0.1) is 5.92 Å². The van der Waals surface area contributed by atoms with Gasteiger partial charge < -0.3 is 9.73 Å². The number of rotatable bonds is 6. The van der Waals surface area contributed by atoms with Crippen LogP contribution in [0.5, 0.6) is 0 Å². The first-order valence-corrected chi connectivity index (χ1v) is 10.0. The van der Waals surface area contributed by atoms with Gasteiger partial charge in [-0.2, -0.15) is 9.50 Å². The van der Waals surface area contributed by atoms with Gasteiger partial charge in [0.1, 0.15) is 5.69 Å². The van der Waals surface area contributed by atoms with Gasteiger partial charge >= 0.3 is 5.84 Å². The average Bonchev–Trinajstić information content (AvgIpc) is 3.39. The van der Waals surface area contributed by atoms with Crippen molar-refractivity contribution >= 4 is 23.4 Å². The number of nitrogens with zero attached hydrogens (tertiary/aromatic N) is 3. The van der Waals surface area contributed by atoms with E-state index in [-0.39, 0.29) is 17.5 Å². The predicted octanol–water partition coefficient (Wildman–Crippen LogP) is 4.37. The van der Waals surface area contributed by atoms with Crippen molar-refractivity contribution in [1.82, 2.24) is 19.9 Å². The summed E-state index contributed by atoms with van der Waals surface area (Å²) in [5, 5.41) is 8.13. The number of oxazole rings is 1. The highest BCUT2D eigenvalue weighted by Gasteiger charge is 2.27. The molecule has 0 saturated heterocycles. The second-order valence-corrected chi connectivity index (χ2v) is 7.71. The molecule has 6 nitrogen and oxygen atoms in total. The van der Waals surface area contributed by atoms with Gasteiger partial charge in [-0.3, -0.25) is 4.79 Å². The summed E-state index contributed by atoms with van der Waals surface area (Å²) < 4.78 is 7.47. The number of hydrogen-bond acceptors (Lipinski definition) is 4. The SMILES string of the molecule is O=C(NCC1CC1)c1oc2nc(-c3ccccc3Cl)nn2c1Cc1ccccc1. The number of hydrogen-bond donors (Lipinski definition) is 1. The second-order valence-electron chi connectivity index (χ2n) is 7.30. The quantitative estimate of drug-likeness (QED) is 0.516. The van der Waals surface area contributed by atoms with E-state index in [1.165, 1.54) is 12.8 Å². The lowest BCUT2D eigenvalue weighted by molar-refractivity contribution is 0.0924. The third-order valence-electron chi connectivity index (χ3n) is 5.07. The molecular formula is C22H19ClN4O2. The number of aromatic nitrogens is 3. The Morgan fingerprint density at radius 1 is 1.14 bits per heavy atom. The fourth-order valence-electron chi connectivity index (χ4n) is 3.30. The van der Waals surface area contributed by atoms with Gasteiger partial charge in [-0.1, -0.05) is 54.1 Å². The van der Waals surface area contributed by atoms with Crippen LogP contribution in [0.2, 0.25) is 5.02 Å². The van der Waals surface area contributed by atoms with Crippen LogP contribution in [0.3, 0.4) is 0 Å². The fraction of sp³-hybridized carbons (Fsp3) is 0.227. The number of benzene rings is 2. The fourth-order valence-corrected chi connectivity index (χ4v) is 3.52. The molecule has 2 aromatic carbocycles.